The number of carboxylic acids is 1. The zero-order valence-corrected chi connectivity index (χ0v) is 10.4. The van der Waals surface area contributed by atoms with E-state index in [1.165, 1.54) is 13.3 Å². The van der Waals surface area contributed by atoms with Crippen LogP contribution in [0.1, 0.15) is 23.7 Å². The third kappa shape index (κ3) is 3.73. The molecule has 1 aromatic rings. The molecule has 6 nitrogen and oxygen atoms in total. The maximum Gasteiger partial charge on any atom is 0.338 e. The third-order valence-electron chi connectivity index (χ3n) is 2.47. The van der Waals surface area contributed by atoms with Gasteiger partial charge in [-0.05, 0) is 19.1 Å². The minimum absolute atomic E-state index is 0.0258. The maximum absolute atomic E-state index is 11.4. The highest BCUT2D eigenvalue weighted by Gasteiger charge is 2.11. The minimum Gasteiger partial charge on any atom is -0.481 e. The molecule has 0 aliphatic carbocycles. The first-order chi connectivity index (χ1) is 8.58. The molecule has 1 rings (SSSR count). The lowest BCUT2D eigenvalue weighted by Gasteiger charge is -2.21. The summed E-state index contributed by atoms with van der Waals surface area (Å²) in [6, 6.07) is 3.15. The fraction of sp³-hybridized carbons (Fsp3) is 0.417. The summed E-state index contributed by atoms with van der Waals surface area (Å²) in [5.74, 6) is -0.729. The fourth-order valence-electron chi connectivity index (χ4n) is 1.50. The Labute approximate surface area is 105 Å². The second-order valence-electron chi connectivity index (χ2n) is 3.62. The molecule has 0 atom stereocenters. The number of ether oxygens (including phenoxy) is 1. The van der Waals surface area contributed by atoms with Crippen molar-refractivity contribution in [2.45, 2.75) is 13.3 Å². The Morgan fingerprint density at radius 2 is 2.22 bits per heavy atom. The number of carbonyl (C=O) groups excluding carboxylic acids is 1. The van der Waals surface area contributed by atoms with E-state index in [9.17, 15) is 9.59 Å². The number of methoxy groups -OCH3 is 1. The SMILES string of the molecule is CCN(CCC(=O)O)c1cc(C(=O)OC)ccn1. The van der Waals surface area contributed by atoms with Crippen LogP contribution in [0.5, 0.6) is 0 Å². The lowest BCUT2D eigenvalue weighted by Crippen LogP contribution is -2.26. The molecule has 98 valence electrons. The van der Waals surface area contributed by atoms with Crippen LogP contribution in [0.4, 0.5) is 5.82 Å². The molecule has 1 N–H and O–H groups in total. The van der Waals surface area contributed by atoms with Crippen molar-refractivity contribution in [1.29, 1.82) is 0 Å². The van der Waals surface area contributed by atoms with Crippen molar-refractivity contribution in [2.75, 3.05) is 25.1 Å². The summed E-state index contributed by atoms with van der Waals surface area (Å²) in [6.45, 7) is 2.86. The second kappa shape index (κ2) is 6.58. The van der Waals surface area contributed by atoms with Gasteiger partial charge in [-0.1, -0.05) is 0 Å². The summed E-state index contributed by atoms with van der Waals surface area (Å²) in [4.78, 5) is 27.9. The van der Waals surface area contributed by atoms with Crippen LogP contribution in [-0.2, 0) is 9.53 Å². The van der Waals surface area contributed by atoms with Crippen LogP contribution in [0.2, 0.25) is 0 Å². The van der Waals surface area contributed by atoms with Crippen LogP contribution in [-0.4, -0.2) is 42.2 Å². The fourth-order valence-corrected chi connectivity index (χ4v) is 1.50. The van der Waals surface area contributed by atoms with E-state index < -0.39 is 11.9 Å². The Morgan fingerprint density at radius 1 is 1.50 bits per heavy atom. The molecule has 0 aliphatic heterocycles. The second-order valence-corrected chi connectivity index (χ2v) is 3.62. The van der Waals surface area contributed by atoms with Gasteiger partial charge >= 0.3 is 11.9 Å². The molecule has 0 bridgehead atoms. The average molecular weight is 252 g/mol. The highest BCUT2D eigenvalue weighted by atomic mass is 16.5. The Kier molecular flexibility index (Phi) is 5.10. The number of aromatic nitrogens is 1. The number of rotatable bonds is 6. The van der Waals surface area contributed by atoms with Gasteiger partial charge in [0, 0.05) is 19.3 Å². The Balaban J connectivity index is 2.85. The molecular formula is C12H16N2O4. The normalized spacial score (nSPS) is 9.89. The van der Waals surface area contributed by atoms with Crippen molar-refractivity contribution in [3.05, 3.63) is 23.9 Å². The first-order valence-electron chi connectivity index (χ1n) is 5.59. The molecule has 1 heterocycles. The van der Waals surface area contributed by atoms with Crippen LogP contribution >= 0.6 is 0 Å². The largest absolute Gasteiger partial charge is 0.481 e. The number of esters is 1. The van der Waals surface area contributed by atoms with E-state index in [-0.39, 0.29) is 6.42 Å². The molecule has 0 aliphatic rings. The van der Waals surface area contributed by atoms with Crippen molar-refractivity contribution in [3.8, 4) is 0 Å². The van der Waals surface area contributed by atoms with Gasteiger partial charge in [-0.3, -0.25) is 4.79 Å². The highest BCUT2D eigenvalue weighted by Crippen LogP contribution is 2.13. The molecular weight excluding hydrogens is 236 g/mol. The lowest BCUT2D eigenvalue weighted by atomic mass is 10.2. The molecule has 0 aromatic carbocycles. The smallest absolute Gasteiger partial charge is 0.338 e. The van der Waals surface area contributed by atoms with Crippen LogP contribution < -0.4 is 4.90 Å². The van der Waals surface area contributed by atoms with E-state index in [2.05, 4.69) is 9.72 Å². The summed E-state index contributed by atoms with van der Waals surface area (Å²) < 4.78 is 4.62. The molecule has 0 radical (unpaired) electrons. The quantitative estimate of drug-likeness (QED) is 0.765. The molecule has 1 aromatic heterocycles. The molecule has 0 unspecified atom stereocenters. The van der Waals surface area contributed by atoms with Gasteiger partial charge in [0.15, 0.2) is 0 Å². The van der Waals surface area contributed by atoms with E-state index in [0.717, 1.165) is 0 Å². The molecule has 0 spiro atoms. The summed E-state index contributed by atoms with van der Waals surface area (Å²) in [5, 5.41) is 8.66. The predicted octanol–water partition coefficient (Wildman–Crippen LogP) is 1.17. The number of pyridine rings is 1. The molecule has 0 saturated carbocycles. The number of anilines is 1. The van der Waals surface area contributed by atoms with Gasteiger partial charge in [0.1, 0.15) is 5.82 Å². The molecule has 0 saturated heterocycles. The van der Waals surface area contributed by atoms with Crippen LogP contribution in [0, 0.1) is 0 Å². The summed E-state index contributed by atoms with van der Waals surface area (Å²) >= 11 is 0. The van der Waals surface area contributed by atoms with Crippen molar-refractivity contribution in [2.24, 2.45) is 0 Å². The number of hydrogen-bond acceptors (Lipinski definition) is 5. The Morgan fingerprint density at radius 3 is 2.78 bits per heavy atom. The third-order valence-corrected chi connectivity index (χ3v) is 2.47. The summed E-state index contributed by atoms with van der Waals surface area (Å²) in [6.07, 6.45) is 1.53. The van der Waals surface area contributed by atoms with E-state index in [1.807, 2.05) is 6.92 Å². The first kappa shape index (κ1) is 14.0. The topological polar surface area (TPSA) is 79.7 Å². The van der Waals surface area contributed by atoms with Crippen LogP contribution in [0.25, 0.3) is 0 Å². The van der Waals surface area contributed by atoms with Crippen molar-refractivity contribution >= 4 is 17.8 Å². The van der Waals surface area contributed by atoms with Crippen LogP contribution in [0.3, 0.4) is 0 Å². The zero-order chi connectivity index (χ0) is 13.5. The van der Waals surface area contributed by atoms with Crippen molar-refractivity contribution < 1.29 is 19.4 Å². The van der Waals surface area contributed by atoms with E-state index in [4.69, 9.17) is 5.11 Å². The van der Waals surface area contributed by atoms with Gasteiger partial charge in [-0.25, -0.2) is 9.78 Å². The number of carbonyl (C=O) groups is 2. The minimum atomic E-state index is -0.863. The monoisotopic (exact) mass is 252 g/mol. The van der Waals surface area contributed by atoms with Crippen LogP contribution in [0.15, 0.2) is 18.3 Å². The zero-order valence-electron chi connectivity index (χ0n) is 10.4. The number of carboxylic acid groups (broad SMARTS) is 1. The number of aliphatic carboxylic acids is 1. The van der Waals surface area contributed by atoms with Gasteiger partial charge in [-0.15, -0.1) is 0 Å². The van der Waals surface area contributed by atoms with Gasteiger partial charge < -0.3 is 14.7 Å². The van der Waals surface area contributed by atoms with Gasteiger partial charge in [0.2, 0.25) is 0 Å². The average Bonchev–Trinajstić information content (AvgIpc) is 2.38. The number of nitrogens with zero attached hydrogens (tertiary/aromatic N) is 2. The van der Waals surface area contributed by atoms with Crippen molar-refractivity contribution in [1.82, 2.24) is 4.98 Å². The molecule has 6 heteroatoms. The summed E-state index contributed by atoms with van der Waals surface area (Å²) in [5.41, 5.74) is 0.399. The van der Waals surface area contributed by atoms with E-state index in [1.54, 1.807) is 17.0 Å². The molecule has 18 heavy (non-hydrogen) atoms. The Hall–Kier alpha value is -2.11. The Bertz CT molecular complexity index is 434. The molecule has 0 amide bonds. The molecule has 0 fully saturated rings. The van der Waals surface area contributed by atoms with E-state index in [0.29, 0.717) is 24.5 Å². The number of hydrogen-bond donors (Lipinski definition) is 1. The van der Waals surface area contributed by atoms with Gasteiger partial charge in [-0.2, -0.15) is 0 Å². The summed E-state index contributed by atoms with van der Waals surface area (Å²) in [7, 11) is 1.31. The van der Waals surface area contributed by atoms with Gasteiger partial charge in [0.05, 0.1) is 19.1 Å². The maximum atomic E-state index is 11.4. The lowest BCUT2D eigenvalue weighted by molar-refractivity contribution is -0.136. The highest BCUT2D eigenvalue weighted by molar-refractivity contribution is 5.90. The van der Waals surface area contributed by atoms with E-state index >= 15 is 0 Å². The predicted molar refractivity (Wildman–Crippen MR) is 65.7 cm³/mol. The van der Waals surface area contributed by atoms with Gasteiger partial charge in [0.25, 0.3) is 0 Å². The standard InChI is InChI=1S/C12H16N2O4/c1-3-14(7-5-11(15)16)10-8-9(4-6-13-10)12(17)18-2/h4,6,8H,3,5,7H2,1-2H3,(H,15,16). The first-order valence-corrected chi connectivity index (χ1v) is 5.59. The van der Waals surface area contributed by atoms with Crippen molar-refractivity contribution in [3.63, 3.8) is 0 Å².